The normalized spacial score (nSPS) is 23.7. The summed E-state index contributed by atoms with van der Waals surface area (Å²) in [5.74, 6) is 0.104. The van der Waals surface area contributed by atoms with Crippen LogP contribution in [0.3, 0.4) is 0 Å². The van der Waals surface area contributed by atoms with Gasteiger partial charge in [-0.05, 0) is 73.7 Å². The molecule has 0 aromatic heterocycles. The van der Waals surface area contributed by atoms with E-state index in [0.717, 1.165) is 23.2 Å². The summed E-state index contributed by atoms with van der Waals surface area (Å²) < 4.78 is 0. The molecule has 6 nitrogen and oxygen atoms in total. The van der Waals surface area contributed by atoms with Crippen molar-refractivity contribution >= 4 is 52.2 Å². The number of amides is 1. The van der Waals surface area contributed by atoms with Crippen LogP contribution in [0.5, 0.6) is 0 Å². The smallest absolute Gasteiger partial charge is 0.282 e. The number of nitrogens with zero attached hydrogens (tertiary/aromatic N) is 2. The zero-order chi connectivity index (χ0) is 27.0. The number of carbonyl (C=O) groups excluding carboxylic acids is 1. The molecule has 1 fully saturated rings. The molecule has 1 heterocycles. The van der Waals surface area contributed by atoms with E-state index in [9.17, 15) is 14.9 Å². The third-order valence-corrected chi connectivity index (χ3v) is 10.0. The van der Waals surface area contributed by atoms with Crippen molar-refractivity contribution in [3.05, 3.63) is 98.6 Å². The number of thioether (sulfide) groups is 1. The maximum atomic E-state index is 13.2. The van der Waals surface area contributed by atoms with Crippen molar-refractivity contribution in [1.29, 1.82) is 0 Å². The second-order valence-electron chi connectivity index (χ2n) is 9.70. The molecule has 0 bridgehead atoms. The van der Waals surface area contributed by atoms with E-state index in [4.69, 9.17) is 23.2 Å². The second-order valence-corrected chi connectivity index (χ2v) is 11.9. The number of alkyl halides is 1. The van der Waals surface area contributed by atoms with Gasteiger partial charge in [-0.2, -0.15) is 0 Å². The van der Waals surface area contributed by atoms with Crippen LogP contribution in [0.15, 0.2) is 71.6 Å². The Bertz CT molecular complexity index is 1350. The SMILES string of the molecule is CCN(CC)C(=O)c1ccc2c(c1)[C@@H]1[C@@H](Cl)[C@@H](Sc3ccccc3[N+](=O)[O-])C[C@H]1[C@H](c1ccc(Cl)cc1)N2. The lowest BCUT2D eigenvalue weighted by Crippen LogP contribution is -2.33. The first kappa shape index (κ1) is 26.9. The van der Waals surface area contributed by atoms with Gasteiger partial charge in [0.2, 0.25) is 0 Å². The Morgan fingerprint density at radius 3 is 2.50 bits per heavy atom. The van der Waals surface area contributed by atoms with Gasteiger partial charge < -0.3 is 10.2 Å². The number of halogens is 2. The molecule has 1 saturated carbocycles. The van der Waals surface area contributed by atoms with Crippen LogP contribution >= 0.6 is 35.0 Å². The van der Waals surface area contributed by atoms with Crippen LogP contribution in [0.1, 0.15) is 53.7 Å². The standard InChI is InChI=1S/C29H29Cl2N3O3S/c1-3-33(4-2)29(35)18-11-14-22-20(15-18)26-21(28(32-22)17-9-12-19(30)13-10-17)16-25(27(26)31)38-24-8-6-5-7-23(24)34(36)37/h5-15,21,25-28,32H,3-4,16H2,1-2H3/t21-,25+,26+,27+,28+/m1/s1. The molecule has 3 aromatic rings. The van der Waals surface area contributed by atoms with E-state index in [2.05, 4.69) is 5.32 Å². The van der Waals surface area contributed by atoms with Crippen LogP contribution in [0.2, 0.25) is 5.02 Å². The van der Waals surface area contributed by atoms with E-state index in [1.165, 1.54) is 17.8 Å². The zero-order valence-electron chi connectivity index (χ0n) is 21.1. The van der Waals surface area contributed by atoms with Crippen LogP contribution in [0.4, 0.5) is 11.4 Å². The molecular weight excluding hydrogens is 541 g/mol. The number of hydrogen-bond acceptors (Lipinski definition) is 5. The second kappa shape index (κ2) is 11.2. The highest BCUT2D eigenvalue weighted by molar-refractivity contribution is 8.00. The van der Waals surface area contributed by atoms with Crippen molar-refractivity contribution in [3.8, 4) is 0 Å². The number of anilines is 1. The Labute approximate surface area is 236 Å². The molecule has 0 spiro atoms. The monoisotopic (exact) mass is 569 g/mol. The topological polar surface area (TPSA) is 75.5 Å². The van der Waals surface area contributed by atoms with Gasteiger partial charge >= 0.3 is 0 Å². The minimum absolute atomic E-state index is 0.00382. The van der Waals surface area contributed by atoms with E-state index >= 15 is 0 Å². The fraction of sp³-hybridized carbons (Fsp3) is 0.345. The molecule has 198 valence electrons. The Balaban J connectivity index is 1.55. The number of nitro groups is 1. The molecule has 9 heteroatoms. The highest BCUT2D eigenvalue weighted by Gasteiger charge is 2.50. The van der Waals surface area contributed by atoms with E-state index in [1.807, 2.05) is 67.3 Å². The average Bonchev–Trinajstić information content (AvgIpc) is 3.25. The molecule has 38 heavy (non-hydrogen) atoms. The van der Waals surface area contributed by atoms with Crippen LogP contribution in [0, 0.1) is 16.0 Å². The molecule has 0 unspecified atom stereocenters. The zero-order valence-corrected chi connectivity index (χ0v) is 23.5. The van der Waals surface area contributed by atoms with Crippen molar-refractivity contribution in [2.24, 2.45) is 5.92 Å². The van der Waals surface area contributed by atoms with Gasteiger partial charge in [0.1, 0.15) is 0 Å². The molecule has 0 saturated heterocycles. The van der Waals surface area contributed by atoms with Crippen molar-refractivity contribution in [1.82, 2.24) is 4.90 Å². The first-order valence-electron chi connectivity index (χ1n) is 12.8. The molecule has 1 aliphatic heterocycles. The van der Waals surface area contributed by atoms with Gasteiger partial charge in [0, 0.05) is 46.6 Å². The summed E-state index contributed by atoms with van der Waals surface area (Å²) in [5, 5.41) is 15.7. The summed E-state index contributed by atoms with van der Waals surface area (Å²) in [5.41, 5.74) is 3.85. The molecule has 1 N–H and O–H groups in total. The maximum Gasteiger partial charge on any atom is 0.282 e. The lowest BCUT2D eigenvalue weighted by molar-refractivity contribution is -0.387. The van der Waals surface area contributed by atoms with Crippen molar-refractivity contribution in [2.75, 3.05) is 18.4 Å². The van der Waals surface area contributed by atoms with Crippen LogP contribution in [-0.2, 0) is 0 Å². The number of nitro benzene ring substituents is 1. The lowest BCUT2D eigenvalue weighted by Gasteiger charge is -2.38. The summed E-state index contributed by atoms with van der Waals surface area (Å²) in [4.78, 5) is 26.9. The van der Waals surface area contributed by atoms with Gasteiger partial charge in [-0.3, -0.25) is 14.9 Å². The van der Waals surface area contributed by atoms with Gasteiger partial charge in [-0.1, -0.05) is 35.9 Å². The first-order chi connectivity index (χ1) is 18.3. The number of benzene rings is 3. The summed E-state index contributed by atoms with van der Waals surface area (Å²) in [6.45, 7) is 5.24. The predicted octanol–water partition coefficient (Wildman–Crippen LogP) is 7.77. The fourth-order valence-corrected chi connectivity index (χ4v) is 7.88. The van der Waals surface area contributed by atoms with Gasteiger partial charge in [-0.25, -0.2) is 0 Å². The number of para-hydroxylation sites is 1. The van der Waals surface area contributed by atoms with Crippen molar-refractivity contribution in [2.45, 2.75) is 47.8 Å². The predicted molar refractivity (Wildman–Crippen MR) is 155 cm³/mol. The Hall–Kier alpha value is -2.74. The minimum Gasteiger partial charge on any atom is -0.378 e. The molecule has 5 atom stereocenters. The maximum absolute atomic E-state index is 13.2. The van der Waals surface area contributed by atoms with Gasteiger partial charge in [0.15, 0.2) is 0 Å². The highest BCUT2D eigenvalue weighted by Crippen LogP contribution is 2.58. The lowest BCUT2D eigenvalue weighted by atomic mass is 9.77. The highest BCUT2D eigenvalue weighted by atomic mass is 35.5. The first-order valence-corrected chi connectivity index (χ1v) is 14.5. The quantitative estimate of drug-likeness (QED) is 0.178. The third-order valence-electron chi connectivity index (χ3n) is 7.68. The molecular formula is C29H29Cl2N3O3S. The number of fused-ring (bicyclic) bond motifs is 3. The summed E-state index contributed by atoms with van der Waals surface area (Å²) in [6, 6.07) is 20.5. The third kappa shape index (κ3) is 4.99. The molecule has 2 aliphatic rings. The Morgan fingerprint density at radius 1 is 1.11 bits per heavy atom. The van der Waals surface area contributed by atoms with Gasteiger partial charge in [-0.15, -0.1) is 23.4 Å². The average molecular weight is 571 g/mol. The van der Waals surface area contributed by atoms with E-state index < -0.39 is 0 Å². The molecule has 5 rings (SSSR count). The largest absolute Gasteiger partial charge is 0.378 e. The number of carbonyl (C=O) groups is 1. The molecule has 1 aliphatic carbocycles. The summed E-state index contributed by atoms with van der Waals surface area (Å²) in [7, 11) is 0. The summed E-state index contributed by atoms with van der Waals surface area (Å²) >= 11 is 14.9. The van der Waals surface area contributed by atoms with E-state index in [-0.39, 0.29) is 45.0 Å². The number of hydrogen-bond donors (Lipinski definition) is 1. The molecule has 0 radical (unpaired) electrons. The Morgan fingerprint density at radius 2 is 1.82 bits per heavy atom. The van der Waals surface area contributed by atoms with Gasteiger partial charge in [0.05, 0.1) is 21.2 Å². The van der Waals surface area contributed by atoms with Crippen molar-refractivity contribution in [3.63, 3.8) is 0 Å². The molecule has 1 amide bonds. The minimum atomic E-state index is -0.341. The van der Waals surface area contributed by atoms with E-state index in [0.29, 0.717) is 28.6 Å². The van der Waals surface area contributed by atoms with Crippen LogP contribution < -0.4 is 5.32 Å². The molecule has 3 aromatic carbocycles. The van der Waals surface area contributed by atoms with E-state index in [1.54, 1.807) is 12.1 Å². The van der Waals surface area contributed by atoms with Crippen LogP contribution in [0.25, 0.3) is 0 Å². The van der Waals surface area contributed by atoms with Gasteiger partial charge in [0.25, 0.3) is 11.6 Å². The summed E-state index contributed by atoms with van der Waals surface area (Å²) in [6.07, 6.45) is 0.767. The number of rotatable bonds is 7. The fourth-order valence-electron chi connectivity index (χ4n) is 5.81. The Kier molecular flexibility index (Phi) is 7.89. The number of nitrogens with one attached hydrogen (secondary N) is 1. The van der Waals surface area contributed by atoms with Crippen molar-refractivity contribution < 1.29 is 9.72 Å². The van der Waals surface area contributed by atoms with Crippen LogP contribution in [-0.4, -0.2) is 39.4 Å².